The van der Waals surface area contributed by atoms with Gasteiger partial charge in [0.2, 0.25) is 5.88 Å². The lowest BCUT2D eigenvalue weighted by Gasteiger charge is -2.22. The van der Waals surface area contributed by atoms with Gasteiger partial charge in [-0.2, -0.15) is 4.98 Å². The molecule has 1 aromatic carbocycles. The molecule has 0 saturated heterocycles. The van der Waals surface area contributed by atoms with Gasteiger partial charge in [-0.1, -0.05) is 36.4 Å². The highest BCUT2D eigenvalue weighted by Gasteiger charge is 2.45. The Kier molecular flexibility index (Phi) is 7.72. The number of ether oxygens (including phenoxy) is 4. The Morgan fingerprint density at radius 3 is 2.76 bits per heavy atom. The number of hydrogen-bond donors (Lipinski definition) is 1. The van der Waals surface area contributed by atoms with Crippen molar-refractivity contribution in [1.82, 2.24) is 14.5 Å². The van der Waals surface area contributed by atoms with E-state index >= 15 is 0 Å². The van der Waals surface area contributed by atoms with E-state index in [0.29, 0.717) is 38.9 Å². The molecule has 0 radical (unpaired) electrons. The van der Waals surface area contributed by atoms with E-state index in [2.05, 4.69) is 16.5 Å². The third-order valence-corrected chi connectivity index (χ3v) is 6.14. The van der Waals surface area contributed by atoms with Crippen LogP contribution in [0.2, 0.25) is 0 Å². The molecular formula is C25H31N3O5. The van der Waals surface area contributed by atoms with Gasteiger partial charge >= 0.3 is 0 Å². The quantitative estimate of drug-likeness (QED) is 0.446. The van der Waals surface area contributed by atoms with Crippen molar-refractivity contribution in [2.45, 2.75) is 37.9 Å². The van der Waals surface area contributed by atoms with Gasteiger partial charge in [0.1, 0.15) is 18.6 Å². The summed E-state index contributed by atoms with van der Waals surface area (Å²) >= 11 is 0. The molecule has 0 amide bonds. The molecule has 0 spiro atoms. The topological polar surface area (TPSA) is 87.9 Å². The van der Waals surface area contributed by atoms with Crippen molar-refractivity contribution in [2.75, 3.05) is 27.4 Å². The van der Waals surface area contributed by atoms with Gasteiger partial charge in [0.05, 0.1) is 44.7 Å². The second-order valence-electron chi connectivity index (χ2n) is 8.23. The van der Waals surface area contributed by atoms with E-state index in [1.165, 1.54) is 6.33 Å². The molecule has 1 N–H and O–H groups in total. The van der Waals surface area contributed by atoms with Crippen molar-refractivity contribution >= 4 is 11.0 Å². The van der Waals surface area contributed by atoms with Crippen LogP contribution in [0, 0.1) is 5.92 Å². The van der Waals surface area contributed by atoms with Crippen LogP contribution in [0.4, 0.5) is 0 Å². The molecule has 2 aromatic heterocycles. The predicted molar refractivity (Wildman–Crippen MR) is 124 cm³/mol. The Morgan fingerprint density at radius 2 is 2.03 bits per heavy atom. The van der Waals surface area contributed by atoms with Crippen molar-refractivity contribution < 1.29 is 24.1 Å². The monoisotopic (exact) mass is 453 g/mol. The van der Waals surface area contributed by atoms with Crippen molar-refractivity contribution in [1.29, 1.82) is 0 Å². The van der Waals surface area contributed by atoms with E-state index in [1.807, 2.05) is 41.1 Å². The van der Waals surface area contributed by atoms with Gasteiger partial charge in [0, 0.05) is 30.7 Å². The number of aliphatic hydroxyl groups is 1. The highest BCUT2D eigenvalue weighted by molar-refractivity contribution is 5.84. The first-order chi connectivity index (χ1) is 16.2. The number of rotatable bonds is 11. The minimum Gasteiger partial charge on any atom is -0.479 e. The molecule has 33 heavy (non-hydrogen) atoms. The Labute approximate surface area is 193 Å². The molecule has 0 unspecified atom stereocenters. The zero-order valence-corrected chi connectivity index (χ0v) is 19.1. The van der Waals surface area contributed by atoms with Crippen molar-refractivity contribution in [3.63, 3.8) is 0 Å². The third kappa shape index (κ3) is 4.94. The van der Waals surface area contributed by atoms with E-state index in [9.17, 15) is 5.11 Å². The highest BCUT2D eigenvalue weighted by Crippen LogP contribution is 2.43. The minimum atomic E-state index is -0.699. The average molecular weight is 454 g/mol. The molecule has 1 aliphatic rings. The lowest BCUT2D eigenvalue weighted by Crippen LogP contribution is -2.32. The fourth-order valence-electron chi connectivity index (χ4n) is 4.69. The van der Waals surface area contributed by atoms with Crippen LogP contribution < -0.4 is 4.74 Å². The number of methoxy groups -OCH3 is 2. The number of benzene rings is 1. The normalized spacial score (nSPS) is 22.6. The van der Waals surface area contributed by atoms with Crippen LogP contribution in [0.15, 0.2) is 55.5 Å². The second kappa shape index (κ2) is 10.9. The van der Waals surface area contributed by atoms with Crippen molar-refractivity contribution in [3.05, 3.63) is 66.6 Å². The van der Waals surface area contributed by atoms with E-state index in [0.717, 1.165) is 22.2 Å². The van der Waals surface area contributed by atoms with Gasteiger partial charge in [0.25, 0.3) is 0 Å². The Bertz CT molecular complexity index is 1050. The molecule has 3 aromatic rings. The maximum Gasteiger partial charge on any atom is 0.241 e. The van der Waals surface area contributed by atoms with Gasteiger partial charge in [-0.15, -0.1) is 6.58 Å². The molecule has 8 heteroatoms. The Hall–Kier alpha value is -2.78. The van der Waals surface area contributed by atoms with Gasteiger partial charge in [-0.25, -0.2) is 4.98 Å². The number of hydrogen-bond acceptors (Lipinski definition) is 7. The van der Waals surface area contributed by atoms with Gasteiger partial charge in [-0.05, 0) is 12.0 Å². The van der Waals surface area contributed by atoms with Gasteiger partial charge in [-0.3, -0.25) is 0 Å². The SMILES string of the molecule is C=CCO[C@@H]1[C@@H](COC)C[C@@H](c2cn(COCc3ccccc3)c3c(OC)ncnc23)[C@@H]1O. The molecule has 4 rings (SSSR count). The van der Waals surface area contributed by atoms with Crippen LogP contribution in [0.25, 0.3) is 11.0 Å². The summed E-state index contributed by atoms with van der Waals surface area (Å²) in [4.78, 5) is 8.83. The molecule has 176 valence electrons. The summed E-state index contributed by atoms with van der Waals surface area (Å²) in [6, 6.07) is 10.0. The van der Waals surface area contributed by atoms with Gasteiger partial charge < -0.3 is 28.6 Å². The number of nitrogens with zero attached hydrogens (tertiary/aromatic N) is 3. The summed E-state index contributed by atoms with van der Waals surface area (Å²) in [5.41, 5.74) is 3.50. The molecule has 1 fully saturated rings. The molecule has 4 atom stereocenters. The molecule has 1 aliphatic carbocycles. The zero-order chi connectivity index (χ0) is 23.2. The smallest absolute Gasteiger partial charge is 0.241 e. The lowest BCUT2D eigenvalue weighted by atomic mass is 9.96. The molecule has 0 bridgehead atoms. The fraction of sp³-hybridized carbons (Fsp3) is 0.440. The fourth-order valence-corrected chi connectivity index (χ4v) is 4.69. The summed E-state index contributed by atoms with van der Waals surface area (Å²) in [6.45, 7) is 5.38. The molecule has 0 aliphatic heterocycles. The van der Waals surface area contributed by atoms with E-state index in [4.69, 9.17) is 18.9 Å². The lowest BCUT2D eigenvalue weighted by molar-refractivity contribution is -0.0456. The summed E-state index contributed by atoms with van der Waals surface area (Å²) in [7, 11) is 3.25. The maximum absolute atomic E-state index is 11.2. The van der Waals surface area contributed by atoms with E-state index < -0.39 is 6.10 Å². The largest absolute Gasteiger partial charge is 0.479 e. The van der Waals surface area contributed by atoms with Gasteiger partial charge in [0.15, 0.2) is 0 Å². The number of aliphatic hydroxyl groups excluding tert-OH is 1. The van der Waals surface area contributed by atoms with E-state index in [-0.39, 0.29) is 17.9 Å². The first-order valence-electron chi connectivity index (χ1n) is 11.1. The molecule has 2 heterocycles. The average Bonchev–Trinajstić information content (AvgIpc) is 3.36. The zero-order valence-electron chi connectivity index (χ0n) is 19.1. The summed E-state index contributed by atoms with van der Waals surface area (Å²) in [5.74, 6) is 0.360. The second-order valence-corrected chi connectivity index (χ2v) is 8.23. The number of aromatic nitrogens is 3. The Morgan fingerprint density at radius 1 is 1.21 bits per heavy atom. The summed E-state index contributed by atoms with van der Waals surface area (Å²) in [5, 5.41) is 11.2. The third-order valence-electron chi connectivity index (χ3n) is 6.14. The number of fused-ring (bicyclic) bond motifs is 1. The summed E-state index contributed by atoms with van der Waals surface area (Å²) < 4.78 is 24.8. The van der Waals surface area contributed by atoms with Crippen LogP contribution in [0.3, 0.4) is 0 Å². The van der Waals surface area contributed by atoms with Crippen molar-refractivity contribution in [3.8, 4) is 5.88 Å². The van der Waals surface area contributed by atoms with Crippen LogP contribution in [0.1, 0.15) is 23.5 Å². The molecule has 1 saturated carbocycles. The summed E-state index contributed by atoms with van der Waals surface area (Å²) in [6.07, 6.45) is 4.84. The van der Waals surface area contributed by atoms with Crippen LogP contribution in [-0.2, 0) is 27.5 Å². The van der Waals surface area contributed by atoms with Crippen molar-refractivity contribution in [2.24, 2.45) is 5.92 Å². The highest BCUT2D eigenvalue weighted by atomic mass is 16.5. The van der Waals surface area contributed by atoms with Crippen LogP contribution >= 0.6 is 0 Å². The first-order valence-corrected chi connectivity index (χ1v) is 11.1. The van der Waals surface area contributed by atoms with Crippen LogP contribution in [-0.4, -0.2) is 59.3 Å². The minimum absolute atomic E-state index is 0.0615. The van der Waals surface area contributed by atoms with E-state index in [1.54, 1.807) is 20.3 Å². The maximum atomic E-state index is 11.2. The predicted octanol–water partition coefficient (Wildman–Crippen LogP) is 3.30. The first kappa shape index (κ1) is 23.4. The Balaban J connectivity index is 1.64. The molecular weight excluding hydrogens is 422 g/mol. The molecule has 8 nitrogen and oxygen atoms in total. The van der Waals surface area contributed by atoms with Crippen LogP contribution in [0.5, 0.6) is 5.88 Å². The standard InChI is InChI=1S/C25H31N3O5/c1-4-10-33-24-18(14-30-2)11-19(23(24)29)20-12-28(16-32-13-17-8-6-5-7-9-17)22-21(20)26-15-27-25(22)31-3/h4-9,12,15,18-19,23-24,29H,1,10-11,13-14,16H2,2-3H3/t18-,19+,23+,24-/m1/s1.